The second-order valence-electron chi connectivity index (χ2n) is 6.23. The quantitative estimate of drug-likeness (QED) is 0.533. The Labute approximate surface area is 150 Å². The SMILES string of the molecule is Cc1cc2cnnc(OCc3ccc(F)cc3)c2n1Cc1ccccc1. The third kappa shape index (κ3) is 3.28. The average Bonchev–Trinajstić information content (AvgIpc) is 2.98. The van der Waals surface area contributed by atoms with Crippen molar-refractivity contribution in [1.29, 1.82) is 0 Å². The lowest BCUT2D eigenvalue weighted by molar-refractivity contribution is 0.293. The van der Waals surface area contributed by atoms with E-state index in [4.69, 9.17) is 4.74 Å². The zero-order valence-electron chi connectivity index (χ0n) is 14.4. The fraction of sp³-hybridized carbons (Fsp3) is 0.143. The van der Waals surface area contributed by atoms with Gasteiger partial charge in [-0.3, -0.25) is 0 Å². The second-order valence-corrected chi connectivity index (χ2v) is 6.23. The van der Waals surface area contributed by atoms with Crippen molar-refractivity contribution in [2.45, 2.75) is 20.1 Å². The van der Waals surface area contributed by atoms with Gasteiger partial charge in [0.2, 0.25) is 0 Å². The molecule has 0 amide bonds. The summed E-state index contributed by atoms with van der Waals surface area (Å²) in [5.74, 6) is 0.221. The number of hydrogen-bond donors (Lipinski definition) is 0. The number of benzene rings is 2. The van der Waals surface area contributed by atoms with Gasteiger partial charge in [0.05, 0.1) is 6.20 Å². The first kappa shape index (κ1) is 16.3. The first-order chi connectivity index (χ1) is 12.7. The standard InChI is InChI=1S/C21H18FN3O/c1-15-11-18-12-23-24-21(26-14-17-7-9-19(22)10-8-17)20(18)25(15)13-16-5-3-2-4-6-16/h2-12H,13-14H2,1H3. The molecule has 0 radical (unpaired) electrons. The van der Waals surface area contributed by atoms with Gasteiger partial charge in [-0.2, -0.15) is 5.10 Å². The van der Waals surface area contributed by atoms with Crippen molar-refractivity contribution in [1.82, 2.24) is 14.8 Å². The van der Waals surface area contributed by atoms with Crippen LogP contribution in [0.2, 0.25) is 0 Å². The first-order valence-corrected chi connectivity index (χ1v) is 8.43. The van der Waals surface area contributed by atoms with Crippen LogP contribution >= 0.6 is 0 Å². The number of rotatable bonds is 5. The fourth-order valence-electron chi connectivity index (χ4n) is 3.03. The van der Waals surface area contributed by atoms with Crippen LogP contribution in [-0.2, 0) is 13.2 Å². The van der Waals surface area contributed by atoms with Crippen LogP contribution in [0.1, 0.15) is 16.8 Å². The molecule has 0 spiro atoms. The van der Waals surface area contributed by atoms with Gasteiger partial charge in [0.25, 0.3) is 5.88 Å². The number of aryl methyl sites for hydroxylation is 1. The summed E-state index contributed by atoms with van der Waals surface area (Å²) in [5.41, 5.74) is 4.12. The molecule has 0 N–H and O–H groups in total. The van der Waals surface area contributed by atoms with Gasteiger partial charge in [-0.15, -0.1) is 5.10 Å². The summed E-state index contributed by atoms with van der Waals surface area (Å²) >= 11 is 0. The second kappa shape index (κ2) is 6.96. The Balaban J connectivity index is 1.67. The molecule has 4 rings (SSSR count). The molecular weight excluding hydrogens is 329 g/mol. The van der Waals surface area contributed by atoms with Crippen molar-refractivity contribution in [3.8, 4) is 5.88 Å². The molecule has 0 bridgehead atoms. The zero-order valence-corrected chi connectivity index (χ0v) is 14.4. The highest BCUT2D eigenvalue weighted by Gasteiger charge is 2.14. The minimum absolute atomic E-state index is 0.261. The lowest BCUT2D eigenvalue weighted by atomic mass is 10.2. The minimum atomic E-state index is -0.261. The molecule has 5 heteroatoms. The summed E-state index contributed by atoms with van der Waals surface area (Å²) < 4.78 is 21.2. The van der Waals surface area contributed by atoms with Crippen LogP contribution in [0.15, 0.2) is 66.9 Å². The summed E-state index contributed by atoms with van der Waals surface area (Å²) in [6, 6.07) is 18.6. The van der Waals surface area contributed by atoms with E-state index in [9.17, 15) is 4.39 Å². The molecular formula is C21H18FN3O. The van der Waals surface area contributed by atoms with E-state index in [-0.39, 0.29) is 5.82 Å². The lowest BCUT2D eigenvalue weighted by Gasteiger charge is -2.11. The molecule has 26 heavy (non-hydrogen) atoms. The van der Waals surface area contributed by atoms with E-state index in [1.807, 2.05) is 18.2 Å². The maximum absolute atomic E-state index is 13.1. The van der Waals surface area contributed by atoms with E-state index in [1.165, 1.54) is 17.7 Å². The highest BCUT2D eigenvalue weighted by molar-refractivity contribution is 5.84. The molecule has 0 saturated heterocycles. The molecule has 130 valence electrons. The van der Waals surface area contributed by atoms with Gasteiger partial charge >= 0.3 is 0 Å². The van der Waals surface area contributed by atoms with E-state index < -0.39 is 0 Å². The predicted molar refractivity (Wildman–Crippen MR) is 98.5 cm³/mol. The maximum Gasteiger partial charge on any atom is 0.258 e. The highest BCUT2D eigenvalue weighted by Crippen LogP contribution is 2.27. The lowest BCUT2D eigenvalue weighted by Crippen LogP contribution is -2.05. The maximum atomic E-state index is 13.1. The van der Waals surface area contributed by atoms with Crippen molar-refractivity contribution < 1.29 is 9.13 Å². The zero-order chi connectivity index (χ0) is 17.9. The van der Waals surface area contributed by atoms with Gasteiger partial charge in [-0.1, -0.05) is 42.5 Å². The van der Waals surface area contributed by atoms with Crippen molar-refractivity contribution in [3.63, 3.8) is 0 Å². The number of nitrogens with zero attached hydrogens (tertiary/aromatic N) is 3. The van der Waals surface area contributed by atoms with Crippen molar-refractivity contribution in [2.24, 2.45) is 0 Å². The Bertz CT molecular complexity index is 1030. The Kier molecular flexibility index (Phi) is 4.35. The summed E-state index contributed by atoms with van der Waals surface area (Å²) in [7, 11) is 0. The number of halogens is 1. The van der Waals surface area contributed by atoms with Gasteiger partial charge in [0, 0.05) is 17.6 Å². The van der Waals surface area contributed by atoms with Crippen LogP contribution in [0.5, 0.6) is 5.88 Å². The molecule has 4 aromatic rings. The van der Waals surface area contributed by atoms with Gasteiger partial charge < -0.3 is 9.30 Å². The molecule has 0 aliphatic heterocycles. The molecule has 0 saturated carbocycles. The Morgan fingerprint density at radius 2 is 1.77 bits per heavy atom. The van der Waals surface area contributed by atoms with Crippen LogP contribution in [0, 0.1) is 12.7 Å². The monoisotopic (exact) mass is 347 g/mol. The average molecular weight is 347 g/mol. The smallest absolute Gasteiger partial charge is 0.258 e. The Hall–Kier alpha value is -3.21. The van der Waals surface area contributed by atoms with E-state index in [0.717, 1.165) is 28.7 Å². The van der Waals surface area contributed by atoms with Crippen molar-refractivity contribution in [3.05, 3.63) is 89.5 Å². The molecule has 2 heterocycles. The van der Waals surface area contributed by atoms with Gasteiger partial charge in [-0.05, 0) is 36.2 Å². The minimum Gasteiger partial charge on any atom is -0.470 e. The fourth-order valence-corrected chi connectivity index (χ4v) is 3.03. The van der Waals surface area contributed by atoms with Crippen LogP contribution < -0.4 is 4.74 Å². The molecule has 0 unspecified atom stereocenters. The van der Waals surface area contributed by atoms with Crippen molar-refractivity contribution >= 4 is 10.9 Å². The van der Waals surface area contributed by atoms with Crippen LogP contribution in [0.25, 0.3) is 10.9 Å². The summed E-state index contributed by atoms with van der Waals surface area (Å²) in [5, 5.41) is 9.23. The largest absolute Gasteiger partial charge is 0.470 e. The van der Waals surface area contributed by atoms with Gasteiger partial charge in [0.15, 0.2) is 0 Å². The molecule has 0 aliphatic carbocycles. The van der Waals surface area contributed by atoms with E-state index in [0.29, 0.717) is 12.5 Å². The molecule has 0 atom stereocenters. The first-order valence-electron chi connectivity index (χ1n) is 8.43. The van der Waals surface area contributed by atoms with Gasteiger partial charge in [0.1, 0.15) is 17.9 Å². The molecule has 0 aliphatic rings. The summed E-state index contributed by atoms with van der Waals surface area (Å²) in [6.45, 7) is 3.10. The van der Waals surface area contributed by atoms with Gasteiger partial charge in [-0.25, -0.2) is 4.39 Å². The summed E-state index contributed by atoms with van der Waals surface area (Å²) in [4.78, 5) is 0. The van der Waals surface area contributed by atoms with Crippen LogP contribution in [0.3, 0.4) is 0 Å². The highest BCUT2D eigenvalue weighted by atomic mass is 19.1. The van der Waals surface area contributed by atoms with Crippen LogP contribution in [-0.4, -0.2) is 14.8 Å². The number of fused-ring (bicyclic) bond motifs is 1. The number of ether oxygens (including phenoxy) is 1. The molecule has 2 aromatic carbocycles. The number of aromatic nitrogens is 3. The third-order valence-electron chi connectivity index (χ3n) is 4.35. The topological polar surface area (TPSA) is 39.9 Å². The molecule has 0 fully saturated rings. The molecule has 2 aromatic heterocycles. The Morgan fingerprint density at radius 3 is 2.54 bits per heavy atom. The van der Waals surface area contributed by atoms with Crippen molar-refractivity contribution in [2.75, 3.05) is 0 Å². The van der Waals surface area contributed by atoms with E-state index >= 15 is 0 Å². The molecule has 4 nitrogen and oxygen atoms in total. The number of hydrogen-bond acceptors (Lipinski definition) is 3. The predicted octanol–water partition coefficient (Wildman–Crippen LogP) is 4.51. The normalized spacial score (nSPS) is 11.0. The summed E-state index contributed by atoms with van der Waals surface area (Å²) in [6.07, 6.45) is 1.74. The third-order valence-corrected chi connectivity index (χ3v) is 4.35. The Morgan fingerprint density at radius 1 is 1.00 bits per heavy atom. The van der Waals surface area contributed by atoms with E-state index in [2.05, 4.69) is 39.9 Å². The van der Waals surface area contributed by atoms with E-state index in [1.54, 1.807) is 18.3 Å². The van der Waals surface area contributed by atoms with Crippen LogP contribution in [0.4, 0.5) is 4.39 Å².